The average Bonchev–Trinajstić information content (AvgIpc) is 3.18. The molecule has 0 spiro atoms. The molecule has 0 aliphatic carbocycles. The van der Waals surface area contributed by atoms with E-state index in [2.05, 4.69) is 16.7 Å². The molecule has 5 nitrogen and oxygen atoms in total. The van der Waals surface area contributed by atoms with Crippen molar-refractivity contribution in [3.05, 3.63) is 98.7 Å². The Balaban J connectivity index is 1.65. The third kappa shape index (κ3) is 3.40. The average molecular weight is 427 g/mol. The van der Waals surface area contributed by atoms with Crippen molar-refractivity contribution >= 4 is 16.7 Å². The van der Waals surface area contributed by atoms with Gasteiger partial charge in [0.2, 0.25) is 0 Å². The molecule has 3 N–H and O–H groups in total. The minimum atomic E-state index is -0.694. The quantitative estimate of drug-likeness (QED) is 0.411. The molecule has 162 valence electrons. The van der Waals surface area contributed by atoms with Crippen LogP contribution in [0.1, 0.15) is 47.0 Å². The highest BCUT2D eigenvalue weighted by molar-refractivity contribution is 5.84. The first-order valence-corrected chi connectivity index (χ1v) is 10.9. The summed E-state index contributed by atoms with van der Waals surface area (Å²) in [6, 6.07) is 19.5. The Kier molecular flexibility index (Phi) is 5.08. The molecule has 5 heteroatoms. The van der Waals surface area contributed by atoms with Crippen molar-refractivity contribution in [2.45, 2.75) is 39.6 Å². The highest BCUT2D eigenvalue weighted by Crippen LogP contribution is 2.35. The molecule has 0 fully saturated rings. The van der Waals surface area contributed by atoms with E-state index in [9.17, 15) is 9.90 Å². The fourth-order valence-electron chi connectivity index (χ4n) is 4.59. The standard InChI is InChI=1S/C27H26N2O3/c1-15-12-20(17(3)29-22-11-7-10-19-14-28-27(31)23(19)22)26-21(13-15)24(30)16(2)25(32-26)18-8-5-4-6-9-18/h4-13,17,27-29,31H,14H2,1-3H3/t17-,27?/m1/s1. The topological polar surface area (TPSA) is 74.5 Å². The summed E-state index contributed by atoms with van der Waals surface area (Å²) in [5.74, 6) is 0.598. The van der Waals surface area contributed by atoms with Crippen molar-refractivity contribution in [2.24, 2.45) is 0 Å². The van der Waals surface area contributed by atoms with Gasteiger partial charge in [-0.15, -0.1) is 0 Å². The van der Waals surface area contributed by atoms with Crippen molar-refractivity contribution in [3.8, 4) is 11.3 Å². The number of aliphatic hydroxyl groups is 1. The van der Waals surface area contributed by atoms with Crippen LogP contribution in [0.2, 0.25) is 0 Å². The van der Waals surface area contributed by atoms with Gasteiger partial charge in [-0.3, -0.25) is 10.1 Å². The van der Waals surface area contributed by atoms with E-state index in [-0.39, 0.29) is 11.5 Å². The van der Waals surface area contributed by atoms with Crippen LogP contribution in [0.15, 0.2) is 69.9 Å². The van der Waals surface area contributed by atoms with E-state index < -0.39 is 6.23 Å². The Morgan fingerprint density at radius 1 is 1.09 bits per heavy atom. The highest BCUT2D eigenvalue weighted by atomic mass is 16.3. The van der Waals surface area contributed by atoms with Gasteiger partial charge in [-0.2, -0.15) is 0 Å². The van der Waals surface area contributed by atoms with Gasteiger partial charge >= 0.3 is 0 Å². The van der Waals surface area contributed by atoms with Gasteiger partial charge in [0.25, 0.3) is 0 Å². The van der Waals surface area contributed by atoms with E-state index >= 15 is 0 Å². The number of nitrogens with one attached hydrogen (secondary N) is 2. The lowest BCUT2D eigenvalue weighted by Gasteiger charge is -2.21. The molecule has 4 aromatic rings. The molecule has 0 amide bonds. The summed E-state index contributed by atoms with van der Waals surface area (Å²) >= 11 is 0. The molecule has 1 aliphatic rings. The van der Waals surface area contributed by atoms with Crippen LogP contribution in [0.4, 0.5) is 5.69 Å². The Bertz CT molecular complexity index is 1380. The van der Waals surface area contributed by atoms with E-state index in [1.54, 1.807) is 0 Å². The first-order chi connectivity index (χ1) is 15.4. The van der Waals surface area contributed by atoms with E-state index in [0.29, 0.717) is 28.8 Å². The SMILES string of the molecule is Cc1cc([C@@H](C)Nc2cccc3c2C(O)NC3)c2oc(-c3ccccc3)c(C)c(=O)c2c1. The minimum Gasteiger partial charge on any atom is -0.455 e. The van der Waals surface area contributed by atoms with E-state index in [0.717, 1.165) is 33.5 Å². The van der Waals surface area contributed by atoms with Crippen LogP contribution in [0.5, 0.6) is 0 Å². The number of hydrogen-bond donors (Lipinski definition) is 3. The maximum absolute atomic E-state index is 13.3. The molecule has 2 atom stereocenters. The summed E-state index contributed by atoms with van der Waals surface area (Å²) in [6.07, 6.45) is -0.694. The molecular formula is C27H26N2O3. The molecule has 1 unspecified atom stereocenters. The summed E-state index contributed by atoms with van der Waals surface area (Å²) < 4.78 is 6.42. The maximum Gasteiger partial charge on any atom is 0.196 e. The molecule has 0 saturated carbocycles. The third-order valence-corrected chi connectivity index (χ3v) is 6.22. The zero-order valence-corrected chi connectivity index (χ0v) is 18.4. The zero-order valence-electron chi connectivity index (χ0n) is 18.4. The summed E-state index contributed by atoms with van der Waals surface area (Å²) in [5.41, 5.74) is 6.81. The third-order valence-electron chi connectivity index (χ3n) is 6.22. The molecule has 32 heavy (non-hydrogen) atoms. The molecule has 0 bridgehead atoms. The summed E-state index contributed by atoms with van der Waals surface area (Å²) in [5, 5.41) is 17.6. The lowest BCUT2D eigenvalue weighted by atomic mass is 9.98. The molecule has 0 radical (unpaired) electrons. The maximum atomic E-state index is 13.3. The monoisotopic (exact) mass is 426 g/mol. The van der Waals surface area contributed by atoms with Crippen LogP contribution < -0.4 is 16.1 Å². The summed E-state index contributed by atoms with van der Waals surface area (Å²) in [7, 11) is 0. The van der Waals surface area contributed by atoms with Crippen molar-refractivity contribution in [1.82, 2.24) is 5.32 Å². The van der Waals surface area contributed by atoms with Crippen LogP contribution >= 0.6 is 0 Å². The van der Waals surface area contributed by atoms with Gasteiger partial charge < -0.3 is 14.8 Å². The van der Waals surface area contributed by atoms with Gasteiger partial charge in [-0.25, -0.2) is 0 Å². The van der Waals surface area contributed by atoms with Gasteiger partial charge in [0.15, 0.2) is 5.43 Å². The van der Waals surface area contributed by atoms with Crippen molar-refractivity contribution in [1.29, 1.82) is 0 Å². The predicted octanol–water partition coefficient (Wildman–Crippen LogP) is 5.34. The van der Waals surface area contributed by atoms with Gasteiger partial charge in [-0.05, 0) is 44.0 Å². The van der Waals surface area contributed by atoms with Crippen molar-refractivity contribution in [2.75, 3.05) is 5.32 Å². The second-order valence-corrected chi connectivity index (χ2v) is 8.51. The van der Waals surface area contributed by atoms with Crippen molar-refractivity contribution < 1.29 is 9.52 Å². The number of aliphatic hydroxyl groups excluding tert-OH is 1. The lowest BCUT2D eigenvalue weighted by Crippen LogP contribution is -2.15. The number of benzene rings is 3. The predicted molar refractivity (Wildman–Crippen MR) is 128 cm³/mol. The normalized spacial score (nSPS) is 16.2. The van der Waals surface area contributed by atoms with Gasteiger partial charge in [0.05, 0.1) is 11.4 Å². The Morgan fingerprint density at radius 2 is 1.88 bits per heavy atom. The second-order valence-electron chi connectivity index (χ2n) is 8.51. The zero-order chi connectivity index (χ0) is 22.4. The van der Waals surface area contributed by atoms with Crippen LogP contribution in [0, 0.1) is 13.8 Å². The van der Waals surface area contributed by atoms with Gasteiger partial charge in [0.1, 0.15) is 17.6 Å². The van der Waals surface area contributed by atoms with Crippen molar-refractivity contribution in [3.63, 3.8) is 0 Å². The molecule has 3 aromatic carbocycles. The number of anilines is 1. The van der Waals surface area contributed by atoms with Gasteiger partial charge in [0, 0.05) is 34.5 Å². The Labute approximate surface area is 186 Å². The molecule has 0 saturated heterocycles. The molecule has 2 heterocycles. The summed E-state index contributed by atoms with van der Waals surface area (Å²) in [4.78, 5) is 13.3. The molecule has 1 aliphatic heterocycles. The summed E-state index contributed by atoms with van der Waals surface area (Å²) in [6.45, 7) is 6.50. The lowest BCUT2D eigenvalue weighted by molar-refractivity contribution is 0.152. The van der Waals surface area contributed by atoms with Crippen LogP contribution in [0.25, 0.3) is 22.3 Å². The van der Waals surface area contributed by atoms with Gasteiger partial charge in [-0.1, -0.05) is 48.5 Å². The van der Waals surface area contributed by atoms with E-state index in [1.165, 1.54) is 0 Å². The number of rotatable bonds is 4. The number of hydrogen-bond acceptors (Lipinski definition) is 5. The largest absolute Gasteiger partial charge is 0.455 e. The first-order valence-electron chi connectivity index (χ1n) is 10.9. The highest BCUT2D eigenvalue weighted by Gasteiger charge is 2.24. The number of fused-ring (bicyclic) bond motifs is 2. The van der Waals surface area contributed by atoms with Crippen LogP contribution in [0.3, 0.4) is 0 Å². The van der Waals surface area contributed by atoms with Crippen LogP contribution in [-0.2, 0) is 6.54 Å². The first kappa shape index (κ1) is 20.5. The second kappa shape index (κ2) is 7.93. The van der Waals surface area contributed by atoms with Crippen LogP contribution in [-0.4, -0.2) is 5.11 Å². The smallest absolute Gasteiger partial charge is 0.196 e. The molecule has 5 rings (SSSR count). The van der Waals surface area contributed by atoms with E-state index in [1.807, 2.05) is 75.4 Å². The van der Waals surface area contributed by atoms with E-state index in [4.69, 9.17) is 4.42 Å². The molecular weight excluding hydrogens is 400 g/mol. The Morgan fingerprint density at radius 3 is 2.66 bits per heavy atom. The number of aryl methyl sites for hydroxylation is 1. The fraction of sp³-hybridized carbons (Fsp3) is 0.222. The fourth-order valence-corrected chi connectivity index (χ4v) is 4.59. The Hall–Kier alpha value is -3.41. The molecule has 1 aromatic heterocycles. The minimum absolute atomic E-state index is 0.0116.